The Morgan fingerprint density at radius 3 is 2.65 bits per heavy atom. The van der Waals surface area contributed by atoms with Crippen LogP contribution >= 0.6 is 0 Å². The van der Waals surface area contributed by atoms with Crippen molar-refractivity contribution in [2.24, 2.45) is 5.73 Å². The largest absolute Gasteiger partial charge is 0.497 e. The normalized spacial score (nSPS) is 18.2. The molecule has 0 saturated heterocycles. The molecule has 1 unspecified atom stereocenters. The van der Waals surface area contributed by atoms with Crippen LogP contribution in [0.25, 0.3) is 0 Å². The van der Waals surface area contributed by atoms with E-state index in [1.165, 1.54) is 37.7 Å². The highest BCUT2D eigenvalue weighted by molar-refractivity contribution is 5.31. The summed E-state index contributed by atoms with van der Waals surface area (Å²) in [5, 5.41) is 0. The van der Waals surface area contributed by atoms with Crippen molar-refractivity contribution < 1.29 is 4.74 Å². The second-order valence-corrected chi connectivity index (χ2v) is 5.65. The van der Waals surface area contributed by atoms with Crippen LogP contribution in [0.4, 0.5) is 0 Å². The minimum atomic E-state index is 0.304. The lowest BCUT2D eigenvalue weighted by atomic mass is 9.92. The zero-order chi connectivity index (χ0) is 14.4. The van der Waals surface area contributed by atoms with Crippen LogP contribution in [0.5, 0.6) is 5.75 Å². The molecule has 0 heterocycles. The first kappa shape index (κ1) is 15.3. The Labute approximate surface area is 123 Å². The summed E-state index contributed by atoms with van der Waals surface area (Å²) in [5.41, 5.74) is 7.37. The van der Waals surface area contributed by atoms with E-state index in [2.05, 4.69) is 30.0 Å². The average molecular weight is 276 g/mol. The molecular formula is C17H28N2O. The molecule has 1 aliphatic carbocycles. The van der Waals surface area contributed by atoms with Crippen LogP contribution in [-0.4, -0.2) is 31.1 Å². The van der Waals surface area contributed by atoms with Crippen molar-refractivity contribution in [1.29, 1.82) is 0 Å². The highest BCUT2D eigenvalue weighted by atomic mass is 16.5. The standard InChI is InChI=1S/C17H28N2O/c1-3-19(15-9-5-4-6-10-15)17(13-18)14-8-7-11-16(12-14)20-2/h7-8,11-12,15,17H,3-6,9-10,13,18H2,1-2H3. The highest BCUT2D eigenvalue weighted by Gasteiger charge is 2.26. The predicted octanol–water partition coefficient (Wildman–Crippen LogP) is 3.35. The van der Waals surface area contributed by atoms with Crippen LogP contribution in [0.15, 0.2) is 24.3 Å². The molecule has 1 saturated carbocycles. The number of hydrogen-bond acceptors (Lipinski definition) is 3. The summed E-state index contributed by atoms with van der Waals surface area (Å²) in [5.74, 6) is 0.917. The van der Waals surface area contributed by atoms with E-state index >= 15 is 0 Å². The first-order chi connectivity index (χ1) is 9.80. The fraction of sp³-hybridized carbons (Fsp3) is 0.647. The molecule has 112 valence electrons. The van der Waals surface area contributed by atoms with Crippen molar-refractivity contribution in [3.05, 3.63) is 29.8 Å². The van der Waals surface area contributed by atoms with Gasteiger partial charge in [-0.2, -0.15) is 0 Å². The molecular weight excluding hydrogens is 248 g/mol. The molecule has 0 radical (unpaired) electrons. The Hall–Kier alpha value is -1.06. The number of ether oxygens (including phenoxy) is 1. The van der Waals surface area contributed by atoms with Crippen molar-refractivity contribution in [1.82, 2.24) is 4.90 Å². The third-order valence-electron chi connectivity index (χ3n) is 4.51. The van der Waals surface area contributed by atoms with Crippen molar-refractivity contribution >= 4 is 0 Å². The SMILES string of the molecule is CCN(C1CCCCC1)C(CN)c1cccc(OC)c1. The number of nitrogens with zero attached hydrogens (tertiary/aromatic N) is 1. The van der Waals surface area contributed by atoms with Gasteiger partial charge in [0, 0.05) is 18.6 Å². The quantitative estimate of drug-likeness (QED) is 0.866. The van der Waals surface area contributed by atoms with Gasteiger partial charge in [-0.25, -0.2) is 0 Å². The summed E-state index contributed by atoms with van der Waals surface area (Å²) in [4.78, 5) is 2.59. The molecule has 1 aromatic rings. The van der Waals surface area contributed by atoms with Crippen LogP contribution in [0.1, 0.15) is 50.6 Å². The van der Waals surface area contributed by atoms with Gasteiger partial charge in [0.2, 0.25) is 0 Å². The summed E-state index contributed by atoms with van der Waals surface area (Å²) < 4.78 is 5.35. The van der Waals surface area contributed by atoms with Gasteiger partial charge >= 0.3 is 0 Å². The monoisotopic (exact) mass is 276 g/mol. The van der Waals surface area contributed by atoms with Crippen molar-refractivity contribution in [2.45, 2.75) is 51.1 Å². The number of rotatable bonds is 6. The van der Waals surface area contributed by atoms with Crippen molar-refractivity contribution in [3.63, 3.8) is 0 Å². The Bertz CT molecular complexity index is 402. The van der Waals surface area contributed by atoms with E-state index in [-0.39, 0.29) is 0 Å². The van der Waals surface area contributed by atoms with E-state index in [4.69, 9.17) is 10.5 Å². The Morgan fingerprint density at radius 2 is 2.05 bits per heavy atom. The molecule has 0 bridgehead atoms. The molecule has 0 aromatic heterocycles. The topological polar surface area (TPSA) is 38.5 Å². The van der Waals surface area contributed by atoms with Gasteiger partial charge in [-0.1, -0.05) is 38.3 Å². The Morgan fingerprint density at radius 1 is 1.30 bits per heavy atom. The Balaban J connectivity index is 2.18. The zero-order valence-electron chi connectivity index (χ0n) is 12.8. The molecule has 20 heavy (non-hydrogen) atoms. The van der Waals surface area contributed by atoms with E-state index in [9.17, 15) is 0 Å². The molecule has 0 aliphatic heterocycles. The third-order valence-corrected chi connectivity index (χ3v) is 4.51. The molecule has 1 atom stereocenters. The van der Waals surface area contributed by atoms with Gasteiger partial charge in [0.05, 0.1) is 7.11 Å². The van der Waals surface area contributed by atoms with Gasteiger partial charge in [-0.05, 0) is 37.1 Å². The second-order valence-electron chi connectivity index (χ2n) is 5.65. The number of hydrogen-bond donors (Lipinski definition) is 1. The predicted molar refractivity (Wildman–Crippen MR) is 84.0 cm³/mol. The summed E-state index contributed by atoms with van der Waals surface area (Å²) in [6, 6.07) is 9.35. The van der Waals surface area contributed by atoms with Gasteiger partial charge in [0.25, 0.3) is 0 Å². The second kappa shape index (κ2) is 7.65. The third kappa shape index (κ3) is 3.53. The number of nitrogens with two attached hydrogens (primary N) is 1. The van der Waals surface area contributed by atoms with Gasteiger partial charge in [-0.3, -0.25) is 4.90 Å². The van der Waals surface area contributed by atoms with Gasteiger partial charge in [-0.15, -0.1) is 0 Å². The number of benzene rings is 1. The lowest BCUT2D eigenvalue weighted by molar-refractivity contribution is 0.113. The van der Waals surface area contributed by atoms with Crippen LogP contribution < -0.4 is 10.5 Å². The maximum atomic E-state index is 6.10. The van der Waals surface area contributed by atoms with E-state index in [1.807, 2.05) is 6.07 Å². The van der Waals surface area contributed by atoms with E-state index in [0.717, 1.165) is 12.3 Å². The van der Waals surface area contributed by atoms with Crippen LogP contribution in [0.3, 0.4) is 0 Å². The fourth-order valence-corrected chi connectivity index (χ4v) is 3.46. The maximum absolute atomic E-state index is 6.10. The average Bonchev–Trinajstić information content (AvgIpc) is 2.53. The summed E-state index contributed by atoms with van der Waals surface area (Å²) in [7, 11) is 1.72. The lowest BCUT2D eigenvalue weighted by Gasteiger charge is -2.39. The summed E-state index contributed by atoms with van der Waals surface area (Å²) >= 11 is 0. The molecule has 0 spiro atoms. The molecule has 1 aromatic carbocycles. The van der Waals surface area contributed by atoms with Crippen molar-refractivity contribution in [2.75, 3.05) is 20.2 Å². The van der Waals surface area contributed by atoms with Gasteiger partial charge < -0.3 is 10.5 Å². The molecule has 2 rings (SSSR count). The fourth-order valence-electron chi connectivity index (χ4n) is 3.46. The molecule has 2 N–H and O–H groups in total. The van der Waals surface area contributed by atoms with Crippen molar-refractivity contribution in [3.8, 4) is 5.75 Å². The number of likely N-dealkylation sites (N-methyl/N-ethyl adjacent to an activating group) is 1. The highest BCUT2D eigenvalue weighted by Crippen LogP contribution is 2.30. The molecule has 1 fully saturated rings. The van der Waals surface area contributed by atoms with Gasteiger partial charge in [0.15, 0.2) is 0 Å². The lowest BCUT2D eigenvalue weighted by Crippen LogP contribution is -2.42. The smallest absolute Gasteiger partial charge is 0.119 e. The first-order valence-electron chi connectivity index (χ1n) is 7.90. The Kier molecular flexibility index (Phi) is 5.86. The first-order valence-corrected chi connectivity index (χ1v) is 7.90. The summed E-state index contributed by atoms with van der Waals surface area (Å²) in [6.45, 7) is 3.97. The summed E-state index contributed by atoms with van der Waals surface area (Å²) in [6.07, 6.45) is 6.73. The number of methoxy groups -OCH3 is 1. The molecule has 0 amide bonds. The van der Waals surface area contributed by atoms with E-state index < -0.39 is 0 Å². The molecule has 3 heteroatoms. The maximum Gasteiger partial charge on any atom is 0.119 e. The van der Waals surface area contributed by atoms with E-state index in [0.29, 0.717) is 18.6 Å². The minimum Gasteiger partial charge on any atom is -0.497 e. The zero-order valence-corrected chi connectivity index (χ0v) is 12.8. The van der Waals surface area contributed by atoms with Crippen LogP contribution in [0.2, 0.25) is 0 Å². The molecule has 1 aliphatic rings. The van der Waals surface area contributed by atoms with E-state index in [1.54, 1.807) is 7.11 Å². The van der Waals surface area contributed by atoms with Gasteiger partial charge in [0.1, 0.15) is 5.75 Å². The minimum absolute atomic E-state index is 0.304. The van der Waals surface area contributed by atoms with Crippen LogP contribution in [0, 0.1) is 0 Å². The van der Waals surface area contributed by atoms with Crippen LogP contribution in [-0.2, 0) is 0 Å². The molecule has 3 nitrogen and oxygen atoms in total.